The predicted molar refractivity (Wildman–Crippen MR) is 52.7 cm³/mol. The molecule has 1 atom stereocenters. The van der Waals surface area contributed by atoms with Gasteiger partial charge in [-0.05, 0) is 34.0 Å². The van der Waals surface area contributed by atoms with Crippen molar-refractivity contribution in [2.24, 2.45) is 11.5 Å². The van der Waals surface area contributed by atoms with Gasteiger partial charge in [0.25, 0.3) is 0 Å². The highest BCUT2D eigenvalue weighted by atomic mass is 79.9. The maximum absolute atomic E-state index is 5.78. The van der Waals surface area contributed by atoms with Crippen LogP contribution >= 0.6 is 15.9 Å². The quantitative estimate of drug-likeness (QED) is 0.799. The first-order valence-corrected chi connectivity index (χ1v) is 4.51. The fraction of sp³-hybridized carbons (Fsp3) is 0.375. The van der Waals surface area contributed by atoms with Crippen LogP contribution in [0.25, 0.3) is 0 Å². The van der Waals surface area contributed by atoms with Crippen LogP contribution in [0.3, 0.4) is 0 Å². The lowest BCUT2D eigenvalue weighted by molar-refractivity contribution is 0.726. The van der Waals surface area contributed by atoms with Gasteiger partial charge in [-0.15, -0.1) is 0 Å². The summed E-state index contributed by atoms with van der Waals surface area (Å²) in [6.07, 6.45) is 3.51. The Hall–Kier alpha value is -0.450. The van der Waals surface area contributed by atoms with Gasteiger partial charge in [0.1, 0.15) is 0 Å². The number of nitrogens with two attached hydrogens (primary N) is 2. The average Bonchev–Trinajstić information content (AvgIpc) is 2.08. The van der Waals surface area contributed by atoms with Crippen LogP contribution < -0.4 is 11.5 Å². The largest absolute Gasteiger partial charge is 0.329 e. The second-order valence-electron chi connectivity index (χ2n) is 2.68. The first-order chi connectivity index (χ1) is 5.66. The van der Waals surface area contributed by atoms with Crippen LogP contribution in [0.5, 0.6) is 0 Å². The second kappa shape index (κ2) is 3.98. The molecule has 0 saturated carbocycles. The minimum Gasteiger partial charge on any atom is -0.329 e. The molecule has 0 saturated heterocycles. The Labute approximate surface area is 80.3 Å². The summed E-state index contributed by atoms with van der Waals surface area (Å²) in [5, 5.41) is 0. The highest BCUT2D eigenvalue weighted by Crippen LogP contribution is 2.21. The van der Waals surface area contributed by atoms with E-state index in [1.54, 1.807) is 12.4 Å². The molecule has 1 rings (SSSR count). The highest BCUT2D eigenvalue weighted by Gasteiger charge is 2.08. The number of hydrogen-bond donors (Lipinski definition) is 2. The van der Waals surface area contributed by atoms with E-state index >= 15 is 0 Å². The fourth-order valence-corrected chi connectivity index (χ4v) is 1.36. The van der Waals surface area contributed by atoms with Gasteiger partial charge in [-0.25, -0.2) is 0 Å². The Balaban J connectivity index is 3.07. The molecule has 0 amide bonds. The molecule has 0 spiro atoms. The maximum Gasteiger partial charge on any atom is 0.0437 e. The molecule has 1 aromatic heterocycles. The third kappa shape index (κ3) is 1.83. The Morgan fingerprint density at radius 1 is 1.58 bits per heavy atom. The summed E-state index contributed by atoms with van der Waals surface area (Å²) in [7, 11) is 0. The van der Waals surface area contributed by atoms with Gasteiger partial charge < -0.3 is 11.5 Å². The van der Waals surface area contributed by atoms with Crippen LogP contribution in [0.1, 0.15) is 17.2 Å². The molecule has 12 heavy (non-hydrogen) atoms. The molecule has 66 valence electrons. The molecule has 0 aliphatic heterocycles. The average molecular weight is 230 g/mol. The van der Waals surface area contributed by atoms with Crippen molar-refractivity contribution in [1.29, 1.82) is 0 Å². The van der Waals surface area contributed by atoms with Gasteiger partial charge in [0, 0.05) is 29.5 Å². The summed E-state index contributed by atoms with van der Waals surface area (Å²) in [5.74, 6) is 0. The molecule has 4 heteroatoms. The Morgan fingerprint density at radius 2 is 2.25 bits per heavy atom. The molecule has 0 aliphatic rings. The van der Waals surface area contributed by atoms with Gasteiger partial charge in [0.2, 0.25) is 0 Å². The first kappa shape index (κ1) is 9.64. The first-order valence-electron chi connectivity index (χ1n) is 3.72. The molecule has 0 bridgehead atoms. The minimum absolute atomic E-state index is 0.116. The Bertz CT molecular complexity index is 275. The minimum atomic E-state index is -0.116. The SMILES string of the molecule is Cc1c(Br)cncc1[C@H](N)CN. The zero-order chi connectivity index (χ0) is 9.14. The number of aromatic nitrogens is 1. The second-order valence-corrected chi connectivity index (χ2v) is 3.53. The zero-order valence-corrected chi connectivity index (χ0v) is 8.51. The Kier molecular flexibility index (Phi) is 3.20. The lowest BCUT2D eigenvalue weighted by Gasteiger charge is -2.12. The summed E-state index contributed by atoms with van der Waals surface area (Å²) in [6, 6.07) is -0.116. The van der Waals surface area contributed by atoms with Gasteiger partial charge in [0.15, 0.2) is 0 Å². The van der Waals surface area contributed by atoms with Gasteiger partial charge >= 0.3 is 0 Å². The molecule has 0 radical (unpaired) electrons. The van der Waals surface area contributed by atoms with Crippen molar-refractivity contribution in [2.45, 2.75) is 13.0 Å². The summed E-state index contributed by atoms with van der Waals surface area (Å²) in [6.45, 7) is 2.44. The summed E-state index contributed by atoms with van der Waals surface area (Å²) in [4.78, 5) is 4.03. The summed E-state index contributed by atoms with van der Waals surface area (Å²) >= 11 is 3.38. The molecular weight excluding hydrogens is 218 g/mol. The predicted octanol–water partition coefficient (Wildman–Crippen LogP) is 1.11. The van der Waals surface area contributed by atoms with Gasteiger partial charge in [-0.2, -0.15) is 0 Å². The third-order valence-electron chi connectivity index (χ3n) is 1.85. The van der Waals surface area contributed by atoms with E-state index in [0.717, 1.165) is 15.6 Å². The molecule has 1 heterocycles. The number of rotatable bonds is 2. The summed E-state index contributed by atoms with van der Waals surface area (Å²) < 4.78 is 0.976. The Morgan fingerprint density at radius 3 is 2.83 bits per heavy atom. The normalized spacial score (nSPS) is 13.0. The van der Waals surface area contributed by atoms with E-state index in [9.17, 15) is 0 Å². The molecule has 0 fully saturated rings. The van der Waals surface area contributed by atoms with Crippen LogP contribution in [-0.4, -0.2) is 11.5 Å². The number of nitrogens with zero attached hydrogens (tertiary/aromatic N) is 1. The van der Waals surface area contributed by atoms with Crippen molar-refractivity contribution in [2.75, 3.05) is 6.54 Å². The van der Waals surface area contributed by atoms with E-state index in [-0.39, 0.29) is 6.04 Å². The van der Waals surface area contributed by atoms with Crippen molar-refractivity contribution in [1.82, 2.24) is 4.98 Å². The lowest BCUT2D eigenvalue weighted by Crippen LogP contribution is -2.21. The third-order valence-corrected chi connectivity index (χ3v) is 2.65. The monoisotopic (exact) mass is 229 g/mol. The lowest BCUT2D eigenvalue weighted by atomic mass is 10.1. The fourth-order valence-electron chi connectivity index (χ4n) is 1.02. The van der Waals surface area contributed by atoms with Gasteiger partial charge in [-0.1, -0.05) is 0 Å². The molecule has 1 aromatic rings. The smallest absolute Gasteiger partial charge is 0.0437 e. The molecule has 0 aromatic carbocycles. The van der Waals surface area contributed by atoms with Crippen LogP contribution in [-0.2, 0) is 0 Å². The van der Waals surface area contributed by atoms with Crippen LogP contribution in [0.15, 0.2) is 16.9 Å². The van der Waals surface area contributed by atoms with E-state index in [2.05, 4.69) is 20.9 Å². The van der Waals surface area contributed by atoms with Crippen molar-refractivity contribution >= 4 is 15.9 Å². The van der Waals surface area contributed by atoms with E-state index in [1.807, 2.05) is 6.92 Å². The van der Waals surface area contributed by atoms with Crippen LogP contribution in [0, 0.1) is 6.92 Å². The standard InChI is InChI=1S/C8H12BrN3/c1-5-6(8(11)2-10)3-12-4-7(5)9/h3-4,8H,2,10-11H2,1H3/t8-/m1/s1. The van der Waals surface area contributed by atoms with Crippen molar-refractivity contribution < 1.29 is 0 Å². The number of pyridine rings is 1. The van der Waals surface area contributed by atoms with Crippen molar-refractivity contribution in [3.63, 3.8) is 0 Å². The highest BCUT2D eigenvalue weighted by molar-refractivity contribution is 9.10. The van der Waals surface area contributed by atoms with Crippen molar-refractivity contribution in [3.8, 4) is 0 Å². The van der Waals surface area contributed by atoms with Gasteiger partial charge in [-0.3, -0.25) is 4.98 Å². The van der Waals surface area contributed by atoms with E-state index in [1.165, 1.54) is 0 Å². The maximum atomic E-state index is 5.78. The zero-order valence-electron chi connectivity index (χ0n) is 6.92. The van der Waals surface area contributed by atoms with Crippen LogP contribution in [0.4, 0.5) is 0 Å². The van der Waals surface area contributed by atoms with E-state index in [4.69, 9.17) is 11.5 Å². The topological polar surface area (TPSA) is 64.9 Å². The number of hydrogen-bond acceptors (Lipinski definition) is 3. The molecule has 0 aliphatic carbocycles. The molecule has 4 N–H and O–H groups in total. The van der Waals surface area contributed by atoms with E-state index < -0.39 is 0 Å². The van der Waals surface area contributed by atoms with Crippen molar-refractivity contribution in [3.05, 3.63) is 28.0 Å². The van der Waals surface area contributed by atoms with Crippen LogP contribution in [0.2, 0.25) is 0 Å². The molecule has 3 nitrogen and oxygen atoms in total. The molecule has 0 unspecified atom stereocenters. The van der Waals surface area contributed by atoms with E-state index in [0.29, 0.717) is 6.54 Å². The number of halogens is 1. The summed E-state index contributed by atoms with van der Waals surface area (Å²) in [5.41, 5.74) is 13.4. The molecular formula is C8H12BrN3. The van der Waals surface area contributed by atoms with Gasteiger partial charge in [0.05, 0.1) is 0 Å².